The van der Waals surface area contributed by atoms with Crippen LogP contribution in [-0.2, 0) is 0 Å². The van der Waals surface area contributed by atoms with Crippen LogP contribution < -0.4 is 10.5 Å². The lowest BCUT2D eigenvalue weighted by atomic mass is 10.2. The van der Waals surface area contributed by atoms with Gasteiger partial charge in [-0.05, 0) is 18.2 Å². The molecule has 0 aliphatic heterocycles. The maximum atomic E-state index is 13.4. The number of nitrogens with two attached hydrogens (primary N) is 1. The summed E-state index contributed by atoms with van der Waals surface area (Å²) in [4.78, 5) is 3.91. The second-order valence-corrected chi connectivity index (χ2v) is 3.83. The smallest absolute Gasteiger partial charge is 0.201 e. The number of rotatable bonds is 3. The highest BCUT2D eigenvalue weighted by Crippen LogP contribution is 2.27. The Morgan fingerprint density at radius 1 is 1.22 bits per heavy atom. The third-order valence-electron chi connectivity index (χ3n) is 2.19. The maximum Gasteiger partial charge on any atom is 0.201 e. The molecule has 0 fully saturated rings. The Hall–Kier alpha value is -2.08. The molecule has 3 nitrogen and oxygen atoms in total. The van der Waals surface area contributed by atoms with E-state index in [2.05, 4.69) is 4.98 Å². The molecule has 0 unspecified atom stereocenters. The predicted molar refractivity (Wildman–Crippen MR) is 66.6 cm³/mol. The van der Waals surface area contributed by atoms with Crippen LogP contribution in [0, 0.1) is 11.6 Å². The Balaban J connectivity index is 2.40. The van der Waals surface area contributed by atoms with Crippen LogP contribution in [0.15, 0.2) is 36.7 Å². The summed E-state index contributed by atoms with van der Waals surface area (Å²) in [5.41, 5.74) is 5.90. The van der Waals surface area contributed by atoms with E-state index in [0.717, 1.165) is 6.07 Å². The minimum atomic E-state index is -1.07. The number of ether oxygens (including phenoxy) is 1. The predicted octanol–water partition coefficient (Wildman–Crippen LogP) is 2.79. The first-order valence-corrected chi connectivity index (χ1v) is 5.36. The number of hydrogen-bond donors (Lipinski definition) is 1. The van der Waals surface area contributed by atoms with E-state index < -0.39 is 11.6 Å². The summed E-state index contributed by atoms with van der Waals surface area (Å²) in [6.07, 6.45) is 2.81. The normalized spacial score (nSPS) is 10.1. The number of pyridine rings is 1. The fourth-order valence-electron chi connectivity index (χ4n) is 1.35. The number of hydrogen-bond acceptors (Lipinski definition) is 3. The summed E-state index contributed by atoms with van der Waals surface area (Å²) >= 11 is 4.83. The SMILES string of the molecule is NC(=S)c1ccncc1Oc1cccc(F)c1F. The molecule has 0 saturated carbocycles. The van der Waals surface area contributed by atoms with Gasteiger partial charge in [-0.3, -0.25) is 4.98 Å². The van der Waals surface area contributed by atoms with Crippen molar-refractivity contribution in [1.82, 2.24) is 4.98 Å². The van der Waals surface area contributed by atoms with Crippen molar-refractivity contribution in [3.05, 3.63) is 53.9 Å². The average Bonchev–Trinajstić information content (AvgIpc) is 2.35. The molecule has 0 atom stereocenters. The van der Waals surface area contributed by atoms with Gasteiger partial charge in [0.25, 0.3) is 0 Å². The van der Waals surface area contributed by atoms with E-state index in [4.69, 9.17) is 22.7 Å². The molecule has 0 bridgehead atoms. The molecule has 1 aromatic carbocycles. The monoisotopic (exact) mass is 266 g/mol. The van der Waals surface area contributed by atoms with Gasteiger partial charge in [0.15, 0.2) is 17.3 Å². The summed E-state index contributed by atoms with van der Waals surface area (Å²) in [6.45, 7) is 0. The van der Waals surface area contributed by atoms with Gasteiger partial charge in [-0.2, -0.15) is 4.39 Å². The molecule has 92 valence electrons. The molecule has 2 N–H and O–H groups in total. The van der Waals surface area contributed by atoms with Crippen molar-refractivity contribution >= 4 is 17.2 Å². The van der Waals surface area contributed by atoms with Crippen molar-refractivity contribution < 1.29 is 13.5 Å². The molecule has 1 heterocycles. The van der Waals surface area contributed by atoms with Crippen molar-refractivity contribution in [2.75, 3.05) is 0 Å². The van der Waals surface area contributed by atoms with Gasteiger partial charge in [0.2, 0.25) is 5.82 Å². The van der Waals surface area contributed by atoms with E-state index >= 15 is 0 Å². The highest BCUT2D eigenvalue weighted by Gasteiger charge is 2.12. The van der Waals surface area contributed by atoms with Gasteiger partial charge in [-0.15, -0.1) is 0 Å². The van der Waals surface area contributed by atoms with Crippen LogP contribution in [0.2, 0.25) is 0 Å². The van der Waals surface area contributed by atoms with Gasteiger partial charge in [0, 0.05) is 6.20 Å². The van der Waals surface area contributed by atoms with Gasteiger partial charge in [-0.25, -0.2) is 4.39 Å². The zero-order valence-electron chi connectivity index (χ0n) is 9.06. The Labute approximate surface area is 107 Å². The van der Waals surface area contributed by atoms with Gasteiger partial charge in [0.05, 0.1) is 11.8 Å². The molecule has 0 amide bonds. The van der Waals surface area contributed by atoms with Crippen LogP contribution in [0.4, 0.5) is 8.78 Å². The molecule has 0 spiro atoms. The van der Waals surface area contributed by atoms with E-state index in [1.807, 2.05) is 0 Å². The first-order chi connectivity index (χ1) is 8.59. The Kier molecular flexibility index (Phi) is 3.47. The zero-order chi connectivity index (χ0) is 13.1. The van der Waals surface area contributed by atoms with Gasteiger partial charge < -0.3 is 10.5 Å². The van der Waals surface area contributed by atoms with Crippen LogP contribution in [-0.4, -0.2) is 9.97 Å². The number of nitrogens with zero attached hydrogens (tertiary/aromatic N) is 1. The Morgan fingerprint density at radius 2 is 2.00 bits per heavy atom. The summed E-state index contributed by atoms with van der Waals surface area (Å²) in [6, 6.07) is 5.17. The first kappa shape index (κ1) is 12.4. The lowest BCUT2D eigenvalue weighted by Crippen LogP contribution is -2.11. The highest BCUT2D eigenvalue weighted by molar-refractivity contribution is 7.80. The second kappa shape index (κ2) is 5.05. The number of halogens is 2. The summed E-state index contributed by atoms with van der Waals surface area (Å²) < 4.78 is 31.7. The van der Waals surface area contributed by atoms with Crippen molar-refractivity contribution in [3.8, 4) is 11.5 Å². The zero-order valence-corrected chi connectivity index (χ0v) is 9.88. The van der Waals surface area contributed by atoms with E-state index in [1.165, 1.54) is 30.6 Å². The third-order valence-corrected chi connectivity index (χ3v) is 2.41. The fraction of sp³-hybridized carbons (Fsp3) is 0. The van der Waals surface area contributed by atoms with E-state index in [0.29, 0.717) is 5.56 Å². The molecule has 0 aliphatic carbocycles. The third kappa shape index (κ3) is 2.43. The minimum Gasteiger partial charge on any atom is -0.452 e. The van der Waals surface area contributed by atoms with Crippen molar-refractivity contribution in [2.45, 2.75) is 0 Å². The molecule has 18 heavy (non-hydrogen) atoms. The molecule has 6 heteroatoms. The van der Waals surface area contributed by atoms with Crippen LogP contribution in [0.3, 0.4) is 0 Å². The van der Waals surface area contributed by atoms with Crippen LogP contribution in [0.25, 0.3) is 0 Å². The van der Waals surface area contributed by atoms with Gasteiger partial charge in [0.1, 0.15) is 4.99 Å². The topological polar surface area (TPSA) is 48.1 Å². The quantitative estimate of drug-likeness (QED) is 0.868. The summed E-state index contributed by atoms with van der Waals surface area (Å²) in [5, 5.41) is 0. The van der Waals surface area contributed by atoms with E-state index in [1.54, 1.807) is 0 Å². The van der Waals surface area contributed by atoms with Crippen LogP contribution in [0.1, 0.15) is 5.56 Å². The largest absolute Gasteiger partial charge is 0.452 e. The molecule has 1 aromatic heterocycles. The fourth-order valence-corrected chi connectivity index (χ4v) is 1.51. The van der Waals surface area contributed by atoms with Gasteiger partial charge >= 0.3 is 0 Å². The van der Waals surface area contributed by atoms with E-state index in [-0.39, 0.29) is 16.5 Å². The van der Waals surface area contributed by atoms with E-state index in [9.17, 15) is 8.78 Å². The number of aromatic nitrogens is 1. The van der Waals surface area contributed by atoms with Crippen LogP contribution in [0.5, 0.6) is 11.5 Å². The number of benzene rings is 1. The lowest BCUT2D eigenvalue weighted by molar-refractivity contribution is 0.414. The summed E-state index contributed by atoms with van der Waals surface area (Å²) in [7, 11) is 0. The van der Waals surface area contributed by atoms with Crippen molar-refractivity contribution in [3.63, 3.8) is 0 Å². The maximum absolute atomic E-state index is 13.4. The molecule has 2 rings (SSSR count). The standard InChI is InChI=1S/C12H8F2N2OS/c13-8-2-1-3-9(11(8)14)17-10-6-16-5-4-7(10)12(15)18/h1-6H,(H2,15,18). The molecular formula is C12H8F2N2OS. The Bertz CT molecular complexity index is 604. The van der Waals surface area contributed by atoms with Gasteiger partial charge in [-0.1, -0.05) is 18.3 Å². The van der Waals surface area contributed by atoms with Crippen molar-refractivity contribution in [2.24, 2.45) is 5.73 Å². The average molecular weight is 266 g/mol. The molecule has 0 radical (unpaired) electrons. The highest BCUT2D eigenvalue weighted by atomic mass is 32.1. The number of thiocarbonyl (C=S) groups is 1. The molecule has 2 aromatic rings. The van der Waals surface area contributed by atoms with Crippen LogP contribution >= 0.6 is 12.2 Å². The Morgan fingerprint density at radius 3 is 2.72 bits per heavy atom. The molecule has 0 saturated heterocycles. The molecular weight excluding hydrogens is 258 g/mol. The summed E-state index contributed by atoms with van der Waals surface area (Å²) in [5.74, 6) is -2.14. The molecule has 0 aliphatic rings. The second-order valence-electron chi connectivity index (χ2n) is 3.39. The lowest BCUT2D eigenvalue weighted by Gasteiger charge is -2.10. The van der Waals surface area contributed by atoms with Crippen molar-refractivity contribution in [1.29, 1.82) is 0 Å². The first-order valence-electron chi connectivity index (χ1n) is 4.95. The minimum absolute atomic E-state index is 0.0872.